The van der Waals surface area contributed by atoms with Crippen molar-refractivity contribution in [1.82, 2.24) is 0 Å². The van der Waals surface area contributed by atoms with Crippen LogP contribution in [0.4, 0.5) is 14.5 Å². The Balaban J connectivity index is 1.98. The molecule has 1 amide bonds. The van der Waals surface area contributed by atoms with Crippen LogP contribution >= 0.6 is 11.6 Å². The first-order chi connectivity index (χ1) is 10.4. The Morgan fingerprint density at radius 2 is 1.68 bits per heavy atom. The molecule has 1 saturated heterocycles. The van der Waals surface area contributed by atoms with Crippen molar-refractivity contribution in [1.29, 1.82) is 0 Å². The number of halogens is 3. The van der Waals surface area contributed by atoms with Gasteiger partial charge in [-0.15, -0.1) is 0 Å². The summed E-state index contributed by atoms with van der Waals surface area (Å²) in [5.74, 6) is -4.04. The van der Waals surface area contributed by atoms with E-state index in [1.54, 1.807) is 24.3 Å². The highest BCUT2D eigenvalue weighted by Gasteiger charge is 2.64. The van der Waals surface area contributed by atoms with Gasteiger partial charge in [-0.25, -0.2) is 0 Å². The summed E-state index contributed by atoms with van der Waals surface area (Å²) in [5, 5.41) is 0.453. The number of ether oxygens (including phenoxy) is 1. The van der Waals surface area contributed by atoms with Gasteiger partial charge in [0, 0.05) is 10.7 Å². The van der Waals surface area contributed by atoms with E-state index < -0.39 is 17.9 Å². The van der Waals surface area contributed by atoms with Crippen molar-refractivity contribution in [3.63, 3.8) is 0 Å². The molecule has 1 fully saturated rings. The lowest BCUT2D eigenvalue weighted by atomic mass is 9.89. The minimum Gasteiger partial charge on any atom is -0.497 e. The largest absolute Gasteiger partial charge is 0.497 e. The van der Waals surface area contributed by atoms with E-state index in [-0.39, 0.29) is 0 Å². The molecule has 0 N–H and O–H groups in total. The van der Waals surface area contributed by atoms with Crippen LogP contribution in [0.15, 0.2) is 48.5 Å². The maximum absolute atomic E-state index is 14.0. The van der Waals surface area contributed by atoms with E-state index in [1.165, 1.54) is 31.4 Å². The monoisotopic (exact) mass is 323 g/mol. The lowest BCUT2D eigenvalue weighted by Crippen LogP contribution is -2.64. The van der Waals surface area contributed by atoms with Crippen molar-refractivity contribution in [2.75, 3.05) is 12.0 Å². The average Bonchev–Trinajstić information content (AvgIpc) is 2.53. The number of anilines is 1. The van der Waals surface area contributed by atoms with Gasteiger partial charge in [-0.3, -0.25) is 9.69 Å². The number of carbonyl (C=O) groups excluding carboxylic acids is 1. The highest BCUT2D eigenvalue weighted by Crippen LogP contribution is 2.49. The van der Waals surface area contributed by atoms with E-state index in [0.29, 0.717) is 22.0 Å². The van der Waals surface area contributed by atoms with Gasteiger partial charge in [0.25, 0.3) is 0 Å². The maximum atomic E-state index is 14.0. The van der Waals surface area contributed by atoms with Crippen LogP contribution in [0, 0.1) is 0 Å². The molecule has 0 aromatic heterocycles. The lowest BCUT2D eigenvalue weighted by Gasteiger charge is -2.46. The predicted molar refractivity (Wildman–Crippen MR) is 79.6 cm³/mol. The summed E-state index contributed by atoms with van der Waals surface area (Å²) in [7, 11) is 1.51. The molecule has 6 heteroatoms. The fourth-order valence-corrected chi connectivity index (χ4v) is 2.63. The van der Waals surface area contributed by atoms with Gasteiger partial charge >= 0.3 is 11.8 Å². The van der Waals surface area contributed by atoms with E-state index in [9.17, 15) is 13.6 Å². The molecule has 0 saturated carbocycles. The van der Waals surface area contributed by atoms with Gasteiger partial charge in [-0.1, -0.05) is 23.7 Å². The Hall–Kier alpha value is -2.14. The molecule has 0 aliphatic carbocycles. The zero-order valence-electron chi connectivity index (χ0n) is 11.6. The Morgan fingerprint density at radius 3 is 2.23 bits per heavy atom. The average molecular weight is 324 g/mol. The number of hydrogen-bond donors (Lipinski definition) is 0. The molecule has 2 aromatic carbocycles. The molecule has 1 aliphatic heterocycles. The number of benzene rings is 2. The van der Waals surface area contributed by atoms with Crippen molar-refractivity contribution in [2.45, 2.75) is 12.0 Å². The molecule has 1 heterocycles. The Labute approximate surface area is 131 Å². The minimum atomic E-state index is -3.42. The van der Waals surface area contributed by atoms with Gasteiger partial charge in [0.05, 0.1) is 7.11 Å². The Kier molecular flexibility index (Phi) is 3.53. The second kappa shape index (κ2) is 5.25. The Morgan fingerprint density at radius 1 is 1.09 bits per heavy atom. The van der Waals surface area contributed by atoms with Crippen molar-refractivity contribution in [3.05, 3.63) is 59.1 Å². The molecule has 0 bridgehead atoms. The number of nitrogens with zero attached hydrogens (tertiary/aromatic N) is 1. The van der Waals surface area contributed by atoms with E-state index in [4.69, 9.17) is 16.3 Å². The smallest absolute Gasteiger partial charge is 0.349 e. The molecule has 3 nitrogen and oxygen atoms in total. The van der Waals surface area contributed by atoms with E-state index in [0.717, 1.165) is 4.90 Å². The molecule has 1 aliphatic rings. The van der Waals surface area contributed by atoms with Crippen molar-refractivity contribution in [3.8, 4) is 5.75 Å². The number of β-lactam (4-membered cyclic amide) rings is 1. The summed E-state index contributed by atoms with van der Waals surface area (Å²) in [6.07, 6.45) is 0. The lowest BCUT2D eigenvalue weighted by molar-refractivity contribution is -0.162. The van der Waals surface area contributed by atoms with Crippen molar-refractivity contribution < 1.29 is 18.3 Å². The van der Waals surface area contributed by atoms with Crippen molar-refractivity contribution >= 4 is 23.2 Å². The summed E-state index contributed by atoms with van der Waals surface area (Å²) >= 11 is 5.78. The normalized spacial score (nSPS) is 19.7. The summed E-state index contributed by atoms with van der Waals surface area (Å²) in [6, 6.07) is 11.1. The molecule has 22 heavy (non-hydrogen) atoms. The van der Waals surface area contributed by atoms with Crippen LogP contribution in [0.5, 0.6) is 5.75 Å². The summed E-state index contributed by atoms with van der Waals surface area (Å²) in [5.41, 5.74) is 0.737. The van der Waals surface area contributed by atoms with Gasteiger partial charge in [0.1, 0.15) is 11.8 Å². The molecule has 3 rings (SSSR count). The third kappa shape index (κ3) is 2.22. The van der Waals surface area contributed by atoms with Crippen LogP contribution in [0.1, 0.15) is 11.6 Å². The van der Waals surface area contributed by atoms with E-state index >= 15 is 0 Å². The SMILES string of the molecule is COc1ccc(N2C(=O)C(F)(F)C2c2ccc(Cl)cc2)cc1. The number of hydrogen-bond acceptors (Lipinski definition) is 2. The zero-order chi connectivity index (χ0) is 15.9. The maximum Gasteiger partial charge on any atom is 0.349 e. The molecule has 114 valence electrons. The van der Waals surface area contributed by atoms with Gasteiger partial charge in [-0.2, -0.15) is 8.78 Å². The number of methoxy groups -OCH3 is 1. The van der Waals surface area contributed by atoms with Crippen LogP contribution in [0.2, 0.25) is 5.02 Å². The molecular weight excluding hydrogens is 312 g/mol. The van der Waals surface area contributed by atoms with Crippen LogP contribution in [0.3, 0.4) is 0 Å². The van der Waals surface area contributed by atoms with E-state index in [2.05, 4.69) is 0 Å². The first kappa shape index (κ1) is 14.8. The molecule has 1 unspecified atom stereocenters. The topological polar surface area (TPSA) is 29.5 Å². The fraction of sp³-hybridized carbons (Fsp3) is 0.188. The highest BCUT2D eigenvalue weighted by atomic mass is 35.5. The van der Waals surface area contributed by atoms with Crippen LogP contribution in [0.25, 0.3) is 0 Å². The molecular formula is C16H12ClF2NO2. The minimum absolute atomic E-state index is 0.338. The Bertz CT molecular complexity index is 701. The van der Waals surface area contributed by atoms with Crippen LogP contribution < -0.4 is 9.64 Å². The van der Waals surface area contributed by atoms with Gasteiger partial charge in [0.2, 0.25) is 0 Å². The zero-order valence-corrected chi connectivity index (χ0v) is 12.3. The second-order valence-electron chi connectivity index (χ2n) is 4.95. The molecule has 0 radical (unpaired) electrons. The summed E-state index contributed by atoms with van der Waals surface area (Å²) in [6.45, 7) is 0. The third-order valence-corrected chi connectivity index (χ3v) is 3.89. The fourth-order valence-electron chi connectivity index (χ4n) is 2.50. The predicted octanol–water partition coefficient (Wildman–Crippen LogP) is 4.07. The molecule has 1 atom stereocenters. The van der Waals surface area contributed by atoms with Gasteiger partial charge < -0.3 is 4.74 Å². The number of amides is 1. The van der Waals surface area contributed by atoms with Crippen LogP contribution in [-0.4, -0.2) is 18.9 Å². The van der Waals surface area contributed by atoms with Gasteiger partial charge in [0.15, 0.2) is 0 Å². The first-order valence-corrected chi connectivity index (χ1v) is 6.94. The number of alkyl halides is 2. The summed E-state index contributed by atoms with van der Waals surface area (Å²) in [4.78, 5) is 12.9. The van der Waals surface area contributed by atoms with Crippen molar-refractivity contribution in [2.24, 2.45) is 0 Å². The van der Waals surface area contributed by atoms with E-state index in [1.807, 2.05) is 0 Å². The standard InChI is InChI=1S/C16H12ClF2NO2/c1-22-13-8-6-12(7-9-13)20-14(16(18,19)15(20)21)10-2-4-11(17)5-3-10/h2-9,14H,1H3. The van der Waals surface area contributed by atoms with Crippen LogP contribution in [-0.2, 0) is 4.79 Å². The second-order valence-corrected chi connectivity index (χ2v) is 5.39. The molecule has 2 aromatic rings. The number of carbonyl (C=O) groups is 1. The number of rotatable bonds is 3. The quantitative estimate of drug-likeness (QED) is 0.797. The highest BCUT2D eigenvalue weighted by molar-refractivity contribution is 6.30. The summed E-state index contributed by atoms with van der Waals surface area (Å²) < 4.78 is 33.1. The third-order valence-electron chi connectivity index (χ3n) is 3.64. The molecule has 0 spiro atoms. The van der Waals surface area contributed by atoms with Gasteiger partial charge in [-0.05, 0) is 42.0 Å². The first-order valence-electron chi connectivity index (χ1n) is 6.56.